The van der Waals surface area contributed by atoms with E-state index in [2.05, 4.69) is 25.9 Å². The van der Waals surface area contributed by atoms with Crippen LogP contribution in [-0.4, -0.2) is 49.7 Å². The van der Waals surface area contributed by atoms with Crippen LogP contribution in [0.15, 0.2) is 22.7 Å². The molecule has 32 heavy (non-hydrogen) atoms. The predicted octanol–water partition coefficient (Wildman–Crippen LogP) is 2.31. The molecule has 3 rings (SSSR count). The average Bonchev–Trinajstić information content (AvgIpc) is 3.31. The number of carbonyl (C=O) groups excluding carboxylic acids is 2. The number of hydrogen-bond donors (Lipinski definition) is 2. The minimum Gasteiger partial charge on any atom is -0.350 e. The van der Waals surface area contributed by atoms with Gasteiger partial charge in [0.15, 0.2) is 5.82 Å². The molecule has 0 saturated carbocycles. The van der Waals surface area contributed by atoms with Crippen LogP contribution in [0.25, 0.3) is 0 Å². The number of hydrogen-bond acceptors (Lipinski definition) is 8. The Bertz CT molecular complexity index is 1190. The molecule has 0 spiro atoms. The number of aromatic nitrogens is 4. The predicted molar refractivity (Wildman–Crippen MR) is 113 cm³/mol. The Labute approximate surface area is 191 Å². The van der Waals surface area contributed by atoms with Gasteiger partial charge in [-0.05, 0) is 32.0 Å². The van der Waals surface area contributed by atoms with Gasteiger partial charge in [-0.3, -0.25) is 24.4 Å². The van der Waals surface area contributed by atoms with Crippen LogP contribution in [0.1, 0.15) is 38.3 Å². The van der Waals surface area contributed by atoms with E-state index >= 15 is 0 Å². The van der Waals surface area contributed by atoms with E-state index in [9.17, 15) is 19.7 Å². The Balaban J connectivity index is 1.52. The number of nitrogens with zero attached hydrogens (tertiary/aromatic N) is 5. The fraction of sp³-hybridized carbons (Fsp3) is 0.278. The van der Waals surface area contributed by atoms with E-state index in [-0.39, 0.29) is 53.3 Å². The lowest BCUT2D eigenvalue weighted by atomic mass is 10.2. The Morgan fingerprint density at radius 3 is 2.53 bits per heavy atom. The number of amides is 2. The molecule has 0 atom stereocenters. The zero-order valence-corrected chi connectivity index (χ0v) is 18.4. The first-order valence-electron chi connectivity index (χ1n) is 9.19. The van der Waals surface area contributed by atoms with Gasteiger partial charge in [-0.15, -0.1) is 0 Å². The highest BCUT2D eigenvalue weighted by molar-refractivity contribution is 6.35. The maximum absolute atomic E-state index is 12.2. The molecule has 0 aliphatic heterocycles. The number of nitrogens with one attached hydrogen (secondary N) is 2. The van der Waals surface area contributed by atoms with Crippen LogP contribution in [0.3, 0.4) is 0 Å². The van der Waals surface area contributed by atoms with Gasteiger partial charge < -0.3 is 15.2 Å². The third kappa shape index (κ3) is 5.21. The van der Waals surface area contributed by atoms with Gasteiger partial charge in [-0.25, -0.2) is 0 Å². The van der Waals surface area contributed by atoms with E-state index < -0.39 is 16.7 Å². The van der Waals surface area contributed by atoms with Crippen LogP contribution >= 0.6 is 23.2 Å². The summed E-state index contributed by atoms with van der Waals surface area (Å²) in [5.74, 6) is -1.25. The Hall–Kier alpha value is -3.51. The number of carbonyl (C=O) groups is 2. The summed E-state index contributed by atoms with van der Waals surface area (Å²) in [5, 5.41) is 24.6. The molecule has 14 heteroatoms. The molecule has 2 amide bonds. The Morgan fingerprint density at radius 2 is 1.88 bits per heavy atom. The van der Waals surface area contributed by atoms with Crippen LogP contribution in [0.4, 0.5) is 5.69 Å². The van der Waals surface area contributed by atoms with Gasteiger partial charge in [-0.1, -0.05) is 28.4 Å². The topological polar surface area (TPSA) is 158 Å². The summed E-state index contributed by atoms with van der Waals surface area (Å²) in [6, 6.07) is 4.52. The van der Waals surface area contributed by atoms with Crippen LogP contribution in [0.5, 0.6) is 0 Å². The lowest BCUT2D eigenvalue weighted by Crippen LogP contribution is -2.35. The van der Waals surface area contributed by atoms with E-state index in [1.54, 1.807) is 13.0 Å². The third-order valence-corrected chi connectivity index (χ3v) is 4.91. The lowest BCUT2D eigenvalue weighted by Gasteiger charge is -2.07. The summed E-state index contributed by atoms with van der Waals surface area (Å²) in [6.45, 7) is 3.27. The fourth-order valence-corrected chi connectivity index (χ4v) is 3.22. The normalized spacial score (nSPS) is 10.8. The van der Waals surface area contributed by atoms with Crippen molar-refractivity contribution in [1.82, 2.24) is 30.6 Å². The van der Waals surface area contributed by atoms with Crippen molar-refractivity contribution in [3.63, 3.8) is 0 Å². The van der Waals surface area contributed by atoms with Crippen LogP contribution in [0.2, 0.25) is 10.0 Å². The standard InChI is InChI=1S/C18H17Cl2N7O5/c1-9-15(27(30)31)10(2)26(24-9)8-14-23-18(32-25-14)17(29)22-6-5-21-16(28)12-7-11(19)3-4-13(12)20/h3-4,7H,5-6,8H2,1-2H3,(H,21,28)(H,22,29). The molecule has 0 radical (unpaired) electrons. The molecule has 1 aromatic carbocycles. The maximum Gasteiger partial charge on any atom is 0.316 e. The van der Waals surface area contributed by atoms with Crippen molar-refractivity contribution in [2.75, 3.05) is 13.1 Å². The van der Waals surface area contributed by atoms with Gasteiger partial charge >= 0.3 is 17.5 Å². The number of aryl methyl sites for hydroxylation is 1. The number of halogens is 2. The first kappa shape index (κ1) is 23.2. The average molecular weight is 482 g/mol. The molecule has 2 aromatic heterocycles. The second-order valence-corrected chi connectivity index (χ2v) is 7.43. The molecular weight excluding hydrogens is 465 g/mol. The van der Waals surface area contributed by atoms with Gasteiger partial charge in [0.2, 0.25) is 0 Å². The maximum atomic E-state index is 12.2. The molecule has 2 heterocycles. The highest BCUT2D eigenvalue weighted by Crippen LogP contribution is 2.22. The van der Waals surface area contributed by atoms with Gasteiger partial charge in [0.25, 0.3) is 5.91 Å². The number of nitro groups is 1. The molecule has 12 nitrogen and oxygen atoms in total. The molecule has 0 fully saturated rings. The van der Waals surface area contributed by atoms with E-state index in [0.29, 0.717) is 10.7 Å². The first-order valence-corrected chi connectivity index (χ1v) is 9.95. The molecule has 0 saturated heterocycles. The van der Waals surface area contributed by atoms with E-state index in [0.717, 1.165) is 0 Å². The van der Waals surface area contributed by atoms with Gasteiger partial charge in [0.05, 0.1) is 15.5 Å². The zero-order chi connectivity index (χ0) is 23.4. The third-order valence-electron chi connectivity index (χ3n) is 4.35. The van der Waals surface area contributed by atoms with Crippen molar-refractivity contribution < 1.29 is 19.0 Å². The van der Waals surface area contributed by atoms with E-state index in [1.165, 1.54) is 23.7 Å². The van der Waals surface area contributed by atoms with Crippen molar-refractivity contribution in [1.29, 1.82) is 0 Å². The van der Waals surface area contributed by atoms with Crippen molar-refractivity contribution in [2.24, 2.45) is 0 Å². The highest BCUT2D eigenvalue weighted by atomic mass is 35.5. The summed E-state index contributed by atoms with van der Waals surface area (Å²) < 4.78 is 6.29. The second kappa shape index (κ2) is 9.75. The van der Waals surface area contributed by atoms with E-state index in [4.69, 9.17) is 27.7 Å². The monoisotopic (exact) mass is 481 g/mol. The molecule has 168 valence electrons. The van der Waals surface area contributed by atoms with Crippen molar-refractivity contribution >= 4 is 40.7 Å². The van der Waals surface area contributed by atoms with Gasteiger partial charge in [-0.2, -0.15) is 10.1 Å². The number of rotatable bonds is 8. The largest absolute Gasteiger partial charge is 0.350 e. The van der Waals surface area contributed by atoms with Gasteiger partial charge in [0.1, 0.15) is 17.9 Å². The molecule has 0 aliphatic carbocycles. The van der Waals surface area contributed by atoms with Crippen LogP contribution < -0.4 is 10.6 Å². The summed E-state index contributed by atoms with van der Waals surface area (Å²) in [5.41, 5.74) is 0.720. The first-order chi connectivity index (χ1) is 15.2. The summed E-state index contributed by atoms with van der Waals surface area (Å²) in [6.07, 6.45) is 0. The van der Waals surface area contributed by atoms with E-state index in [1.807, 2.05) is 0 Å². The molecule has 2 N–H and O–H groups in total. The fourth-order valence-electron chi connectivity index (χ4n) is 2.84. The smallest absolute Gasteiger partial charge is 0.316 e. The Morgan fingerprint density at radius 1 is 1.19 bits per heavy atom. The lowest BCUT2D eigenvalue weighted by molar-refractivity contribution is -0.386. The number of benzene rings is 1. The van der Waals surface area contributed by atoms with Crippen molar-refractivity contribution in [3.05, 3.63) is 67.0 Å². The zero-order valence-electron chi connectivity index (χ0n) is 16.9. The second-order valence-electron chi connectivity index (χ2n) is 6.59. The summed E-state index contributed by atoms with van der Waals surface area (Å²) >= 11 is 11.8. The molecule has 0 unspecified atom stereocenters. The molecule has 0 bridgehead atoms. The highest BCUT2D eigenvalue weighted by Gasteiger charge is 2.23. The minimum absolute atomic E-state index is 0.00621. The molecular formula is C18H17Cl2N7O5. The quantitative estimate of drug-likeness (QED) is 0.281. The van der Waals surface area contributed by atoms with Gasteiger partial charge in [0, 0.05) is 18.1 Å². The molecule has 0 aliphatic rings. The van der Waals surface area contributed by atoms with Crippen molar-refractivity contribution in [2.45, 2.75) is 20.4 Å². The summed E-state index contributed by atoms with van der Waals surface area (Å²) in [4.78, 5) is 38.9. The minimum atomic E-state index is -0.641. The van der Waals surface area contributed by atoms with Crippen molar-refractivity contribution in [3.8, 4) is 0 Å². The van der Waals surface area contributed by atoms with Crippen LogP contribution in [0, 0.1) is 24.0 Å². The SMILES string of the molecule is Cc1nn(Cc2noc(C(=O)NCCNC(=O)c3cc(Cl)ccc3Cl)n2)c(C)c1[N+](=O)[O-]. The summed E-state index contributed by atoms with van der Waals surface area (Å²) in [7, 11) is 0. The Kier molecular flexibility index (Phi) is 7.05. The molecule has 3 aromatic rings. The van der Waals surface area contributed by atoms with Crippen LogP contribution in [-0.2, 0) is 6.54 Å².